The van der Waals surface area contributed by atoms with Crippen LogP contribution in [0, 0.1) is 5.82 Å². The van der Waals surface area contributed by atoms with E-state index in [0.717, 1.165) is 30.5 Å². The van der Waals surface area contributed by atoms with Crippen molar-refractivity contribution in [2.75, 3.05) is 19.6 Å². The Morgan fingerprint density at radius 1 is 1.14 bits per heavy atom. The van der Waals surface area contributed by atoms with Crippen LogP contribution in [-0.2, 0) is 6.54 Å². The third kappa shape index (κ3) is 5.09. The minimum Gasteiger partial charge on any atom is -0.348 e. The molecule has 6 heteroatoms. The summed E-state index contributed by atoms with van der Waals surface area (Å²) in [7, 11) is 0. The number of carbonyl (C=O) groups excluding carboxylic acids is 2. The molecule has 0 aromatic heterocycles. The molecule has 2 N–H and O–H groups in total. The van der Waals surface area contributed by atoms with Gasteiger partial charge in [-0.3, -0.25) is 4.79 Å². The number of rotatable bonds is 5. The van der Waals surface area contributed by atoms with E-state index in [0.29, 0.717) is 25.2 Å². The molecule has 28 heavy (non-hydrogen) atoms. The van der Waals surface area contributed by atoms with Crippen molar-refractivity contribution in [1.29, 1.82) is 0 Å². The maximum absolute atomic E-state index is 13.0. The molecule has 0 bridgehead atoms. The van der Waals surface area contributed by atoms with Crippen LogP contribution in [0.15, 0.2) is 48.5 Å². The summed E-state index contributed by atoms with van der Waals surface area (Å²) in [4.78, 5) is 26.5. The van der Waals surface area contributed by atoms with E-state index in [4.69, 9.17) is 0 Å². The molecule has 1 atom stereocenters. The first-order valence-corrected chi connectivity index (χ1v) is 9.72. The van der Waals surface area contributed by atoms with Gasteiger partial charge in [0.25, 0.3) is 5.91 Å². The SMILES string of the molecule is CCNC(=O)N1CCC[C@@H](c2cccc(C(=O)NCc3ccc(F)cc3)c2)C1. The highest BCUT2D eigenvalue weighted by molar-refractivity contribution is 5.94. The van der Waals surface area contributed by atoms with Gasteiger partial charge in [-0.1, -0.05) is 24.3 Å². The number of halogens is 1. The summed E-state index contributed by atoms with van der Waals surface area (Å²) in [6.45, 7) is 4.29. The molecular formula is C22H26FN3O2. The highest BCUT2D eigenvalue weighted by Gasteiger charge is 2.24. The predicted octanol–water partition coefficient (Wildman–Crippen LogP) is 3.66. The number of nitrogens with one attached hydrogen (secondary N) is 2. The quantitative estimate of drug-likeness (QED) is 0.828. The van der Waals surface area contributed by atoms with Crippen molar-refractivity contribution in [3.05, 3.63) is 71.0 Å². The number of carbonyl (C=O) groups is 2. The highest BCUT2D eigenvalue weighted by Crippen LogP contribution is 2.27. The van der Waals surface area contributed by atoms with E-state index >= 15 is 0 Å². The van der Waals surface area contributed by atoms with Crippen molar-refractivity contribution in [2.45, 2.75) is 32.2 Å². The Morgan fingerprint density at radius 2 is 1.93 bits per heavy atom. The summed E-state index contributed by atoms with van der Waals surface area (Å²) in [5, 5.41) is 5.72. The van der Waals surface area contributed by atoms with Gasteiger partial charge in [-0.05, 0) is 55.2 Å². The summed E-state index contributed by atoms with van der Waals surface area (Å²) < 4.78 is 13.0. The second-order valence-corrected chi connectivity index (χ2v) is 7.06. The molecule has 1 saturated heterocycles. The zero-order chi connectivity index (χ0) is 19.9. The molecule has 5 nitrogen and oxygen atoms in total. The van der Waals surface area contributed by atoms with E-state index in [1.165, 1.54) is 12.1 Å². The van der Waals surface area contributed by atoms with E-state index in [1.54, 1.807) is 18.2 Å². The lowest BCUT2D eigenvalue weighted by atomic mass is 9.89. The van der Waals surface area contributed by atoms with E-state index in [2.05, 4.69) is 10.6 Å². The molecule has 0 saturated carbocycles. The van der Waals surface area contributed by atoms with Gasteiger partial charge in [0.2, 0.25) is 0 Å². The standard InChI is InChI=1S/C22H26FN3O2/c1-2-24-22(28)26-12-4-7-19(15-26)17-5-3-6-18(13-17)21(27)25-14-16-8-10-20(23)11-9-16/h3,5-6,8-11,13,19H,2,4,7,12,14-15H2,1H3,(H,24,28)(H,25,27)/t19-/m1/s1. The number of urea groups is 1. The van der Waals surface area contributed by atoms with Gasteiger partial charge in [0.15, 0.2) is 0 Å². The fourth-order valence-electron chi connectivity index (χ4n) is 3.52. The zero-order valence-electron chi connectivity index (χ0n) is 16.1. The lowest BCUT2D eigenvalue weighted by Gasteiger charge is -2.33. The van der Waals surface area contributed by atoms with E-state index in [9.17, 15) is 14.0 Å². The van der Waals surface area contributed by atoms with E-state index < -0.39 is 0 Å². The largest absolute Gasteiger partial charge is 0.348 e. The minimum atomic E-state index is -0.295. The Labute approximate surface area is 164 Å². The van der Waals surface area contributed by atoms with Crippen LogP contribution in [0.2, 0.25) is 0 Å². The normalized spacial score (nSPS) is 16.5. The Bertz CT molecular complexity index is 823. The molecule has 2 aromatic carbocycles. The summed E-state index contributed by atoms with van der Waals surface area (Å²) in [5.41, 5.74) is 2.51. The number of likely N-dealkylation sites (tertiary alicyclic amines) is 1. The van der Waals surface area contributed by atoms with Crippen molar-refractivity contribution >= 4 is 11.9 Å². The molecule has 3 rings (SSSR count). The molecule has 148 valence electrons. The van der Waals surface area contributed by atoms with Crippen molar-refractivity contribution in [1.82, 2.24) is 15.5 Å². The molecule has 0 unspecified atom stereocenters. The van der Waals surface area contributed by atoms with Crippen LogP contribution in [0.4, 0.5) is 9.18 Å². The Hall–Kier alpha value is -2.89. The molecule has 3 amide bonds. The average molecular weight is 383 g/mol. The Morgan fingerprint density at radius 3 is 2.68 bits per heavy atom. The predicted molar refractivity (Wildman–Crippen MR) is 107 cm³/mol. The molecule has 1 fully saturated rings. The smallest absolute Gasteiger partial charge is 0.317 e. The van der Waals surface area contributed by atoms with Crippen LogP contribution < -0.4 is 10.6 Å². The first kappa shape index (κ1) is 19.9. The maximum atomic E-state index is 13.0. The monoisotopic (exact) mass is 383 g/mol. The number of nitrogens with zero attached hydrogens (tertiary/aromatic N) is 1. The van der Waals surface area contributed by atoms with Crippen LogP contribution in [0.3, 0.4) is 0 Å². The summed E-state index contributed by atoms with van der Waals surface area (Å²) >= 11 is 0. The van der Waals surface area contributed by atoms with E-state index in [-0.39, 0.29) is 23.7 Å². The van der Waals surface area contributed by atoms with Gasteiger partial charge >= 0.3 is 6.03 Å². The average Bonchev–Trinajstić information content (AvgIpc) is 2.73. The Kier molecular flexibility index (Phi) is 6.63. The highest BCUT2D eigenvalue weighted by atomic mass is 19.1. The van der Waals surface area contributed by atoms with Gasteiger partial charge in [-0.2, -0.15) is 0 Å². The number of amides is 3. The molecule has 2 aromatic rings. The van der Waals surface area contributed by atoms with Crippen molar-refractivity contribution in [3.8, 4) is 0 Å². The van der Waals surface area contributed by atoms with Gasteiger partial charge in [0.05, 0.1) is 0 Å². The molecule has 0 radical (unpaired) electrons. The lowest BCUT2D eigenvalue weighted by Crippen LogP contribution is -2.44. The van der Waals surface area contributed by atoms with Gasteiger partial charge in [0.1, 0.15) is 5.82 Å². The topological polar surface area (TPSA) is 61.4 Å². The molecular weight excluding hydrogens is 357 g/mol. The van der Waals surface area contributed by atoms with Crippen LogP contribution in [0.5, 0.6) is 0 Å². The zero-order valence-corrected chi connectivity index (χ0v) is 16.1. The summed E-state index contributed by atoms with van der Waals surface area (Å²) in [6, 6.07) is 13.6. The summed E-state index contributed by atoms with van der Waals surface area (Å²) in [6.07, 6.45) is 1.94. The lowest BCUT2D eigenvalue weighted by molar-refractivity contribution is 0.0950. The number of benzene rings is 2. The van der Waals surface area contributed by atoms with Crippen LogP contribution in [0.1, 0.15) is 47.2 Å². The Balaban J connectivity index is 1.63. The fraction of sp³-hybridized carbons (Fsp3) is 0.364. The number of hydrogen-bond donors (Lipinski definition) is 2. The van der Waals surface area contributed by atoms with Crippen LogP contribution in [0.25, 0.3) is 0 Å². The molecule has 1 heterocycles. The maximum Gasteiger partial charge on any atom is 0.317 e. The summed E-state index contributed by atoms with van der Waals surface area (Å²) in [5.74, 6) is -0.235. The molecule has 1 aliphatic rings. The second kappa shape index (κ2) is 9.35. The van der Waals surface area contributed by atoms with Crippen molar-refractivity contribution < 1.29 is 14.0 Å². The van der Waals surface area contributed by atoms with Gasteiger partial charge < -0.3 is 15.5 Å². The number of hydrogen-bond acceptors (Lipinski definition) is 2. The third-order valence-electron chi connectivity index (χ3n) is 5.02. The first-order chi connectivity index (χ1) is 13.6. The van der Waals surface area contributed by atoms with Gasteiger partial charge in [-0.25, -0.2) is 9.18 Å². The first-order valence-electron chi connectivity index (χ1n) is 9.72. The van der Waals surface area contributed by atoms with E-state index in [1.807, 2.05) is 30.0 Å². The third-order valence-corrected chi connectivity index (χ3v) is 5.02. The van der Waals surface area contributed by atoms with Crippen molar-refractivity contribution in [3.63, 3.8) is 0 Å². The minimum absolute atomic E-state index is 0.0274. The molecule has 0 aliphatic carbocycles. The van der Waals surface area contributed by atoms with Crippen LogP contribution >= 0.6 is 0 Å². The second-order valence-electron chi connectivity index (χ2n) is 7.06. The number of piperidine rings is 1. The molecule has 0 spiro atoms. The van der Waals surface area contributed by atoms with Gasteiger partial charge in [-0.15, -0.1) is 0 Å². The fourth-order valence-corrected chi connectivity index (χ4v) is 3.52. The van der Waals surface area contributed by atoms with Gasteiger partial charge in [0, 0.05) is 37.7 Å². The van der Waals surface area contributed by atoms with Crippen LogP contribution in [-0.4, -0.2) is 36.5 Å². The molecule has 1 aliphatic heterocycles. The van der Waals surface area contributed by atoms with Crippen molar-refractivity contribution in [2.24, 2.45) is 0 Å².